The molecule has 0 aromatic heterocycles. The lowest BCUT2D eigenvalue weighted by molar-refractivity contribution is -0.137. The Bertz CT molecular complexity index is 589. The van der Waals surface area contributed by atoms with Gasteiger partial charge in [0.25, 0.3) is 0 Å². The lowest BCUT2D eigenvalue weighted by Crippen LogP contribution is -2.37. The van der Waals surface area contributed by atoms with Gasteiger partial charge in [-0.2, -0.15) is 17.5 Å². The van der Waals surface area contributed by atoms with Gasteiger partial charge < -0.3 is 5.11 Å². The quantitative estimate of drug-likeness (QED) is 0.921. The van der Waals surface area contributed by atoms with Gasteiger partial charge in [-0.15, -0.1) is 0 Å². The first-order chi connectivity index (χ1) is 9.01. The fourth-order valence-corrected chi connectivity index (χ4v) is 3.24. The van der Waals surface area contributed by atoms with Crippen molar-refractivity contribution in [2.24, 2.45) is 0 Å². The molecule has 0 amide bonds. The van der Waals surface area contributed by atoms with Gasteiger partial charge in [-0.05, 0) is 25.1 Å². The molecule has 9 heteroatoms. The minimum atomic E-state index is -4.67. The average Bonchev–Trinajstić information content (AvgIpc) is 2.35. The fraction of sp³-hybridized carbons (Fsp3) is 0.455. The van der Waals surface area contributed by atoms with Crippen LogP contribution in [-0.4, -0.2) is 37.5 Å². The second kappa shape index (κ2) is 5.88. The van der Waals surface area contributed by atoms with Crippen LogP contribution in [0, 0.1) is 0 Å². The van der Waals surface area contributed by atoms with E-state index in [4.69, 9.17) is 16.7 Å². The van der Waals surface area contributed by atoms with Crippen LogP contribution in [0.2, 0.25) is 5.02 Å². The van der Waals surface area contributed by atoms with E-state index in [-0.39, 0.29) is 5.02 Å². The van der Waals surface area contributed by atoms with E-state index in [0.29, 0.717) is 12.1 Å². The SMILES string of the molecule is CC(CO)N(C)S(=O)(=O)c1cc(C(F)(F)F)ccc1Cl. The topological polar surface area (TPSA) is 57.6 Å². The van der Waals surface area contributed by atoms with Gasteiger partial charge in [-0.1, -0.05) is 11.6 Å². The first-order valence-corrected chi connectivity index (χ1v) is 7.29. The molecule has 1 aromatic rings. The first-order valence-electron chi connectivity index (χ1n) is 5.47. The van der Waals surface area contributed by atoms with Gasteiger partial charge in [0.1, 0.15) is 4.90 Å². The molecular formula is C11H13ClF3NO3S. The van der Waals surface area contributed by atoms with E-state index in [0.717, 1.165) is 17.4 Å². The molecule has 1 rings (SSSR count). The number of sulfonamides is 1. The molecule has 0 bridgehead atoms. The number of benzene rings is 1. The summed E-state index contributed by atoms with van der Waals surface area (Å²) in [5, 5.41) is 8.64. The van der Waals surface area contributed by atoms with Gasteiger partial charge in [0.15, 0.2) is 0 Å². The summed E-state index contributed by atoms with van der Waals surface area (Å²) in [4.78, 5) is -0.642. The van der Waals surface area contributed by atoms with Gasteiger partial charge in [0.05, 0.1) is 17.2 Å². The maximum Gasteiger partial charge on any atom is 0.416 e. The molecule has 114 valence electrons. The molecule has 0 saturated carbocycles. The van der Waals surface area contributed by atoms with Gasteiger partial charge in [-0.25, -0.2) is 8.42 Å². The summed E-state index contributed by atoms with van der Waals surface area (Å²) in [5.74, 6) is 0. The van der Waals surface area contributed by atoms with Gasteiger partial charge in [0, 0.05) is 13.1 Å². The Morgan fingerprint density at radius 2 is 1.95 bits per heavy atom. The zero-order chi connectivity index (χ0) is 15.7. The van der Waals surface area contributed by atoms with Gasteiger partial charge in [-0.3, -0.25) is 0 Å². The van der Waals surface area contributed by atoms with E-state index in [1.54, 1.807) is 0 Å². The number of aliphatic hydroxyl groups is 1. The van der Waals surface area contributed by atoms with Crippen molar-refractivity contribution in [3.63, 3.8) is 0 Å². The number of nitrogens with zero attached hydrogens (tertiary/aromatic N) is 1. The maximum absolute atomic E-state index is 12.6. The molecule has 0 fully saturated rings. The number of likely N-dealkylation sites (N-methyl/N-ethyl adjacent to an activating group) is 1. The summed E-state index contributed by atoms with van der Waals surface area (Å²) in [7, 11) is -3.06. The summed E-state index contributed by atoms with van der Waals surface area (Å²) in [6.07, 6.45) is -4.67. The van der Waals surface area contributed by atoms with Crippen LogP contribution in [0.3, 0.4) is 0 Å². The maximum atomic E-state index is 12.6. The molecule has 1 unspecified atom stereocenters. The lowest BCUT2D eigenvalue weighted by atomic mass is 10.2. The molecule has 1 N–H and O–H groups in total. The van der Waals surface area contributed by atoms with Crippen molar-refractivity contribution >= 4 is 21.6 Å². The Hall–Kier alpha value is -0.830. The fourth-order valence-electron chi connectivity index (χ4n) is 1.38. The Morgan fingerprint density at radius 3 is 2.40 bits per heavy atom. The molecule has 0 spiro atoms. The van der Waals surface area contributed by atoms with Crippen molar-refractivity contribution < 1.29 is 26.7 Å². The number of alkyl halides is 3. The van der Waals surface area contributed by atoms with Crippen LogP contribution in [0.15, 0.2) is 23.1 Å². The molecule has 0 aliphatic heterocycles. The van der Waals surface area contributed by atoms with Crippen LogP contribution in [0.1, 0.15) is 12.5 Å². The van der Waals surface area contributed by atoms with E-state index in [9.17, 15) is 21.6 Å². The third kappa shape index (κ3) is 3.43. The summed E-state index contributed by atoms with van der Waals surface area (Å²) in [6, 6.07) is 1.29. The summed E-state index contributed by atoms with van der Waals surface area (Å²) in [5.41, 5.74) is -1.11. The Balaban J connectivity index is 3.39. The van der Waals surface area contributed by atoms with Crippen molar-refractivity contribution in [1.82, 2.24) is 4.31 Å². The Kier molecular flexibility index (Phi) is 5.07. The third-order valence-electron chi connectivity index (χ3n) is 2.80. The molecule has 1 aromatic carbocycles. The predicted molar refractivity (Wildman–Crippen MR) is 68.0 cm³/mol. The Morgan fingerprint density at radius 1 is 1.40 bits per heavy atom. The third-order valence-corrected chi connectivity index (χ3v) is 5.25. The molecule has 0 saturated heterocycles. The standard InChI is InChI=1S/C11H13ClF3NO3S/c1-7(6-17)16(2)20(18,19)10-5-8(11(13,14)15)3-4-9(10)12/h3-5,7,17H,6H2,1-2H3. The van der Waals surface area contributed by atoms with Crippen molar-refractivity contribution in [2.45, 2.75) is 24.0 Å². The molecular weight excluding hydrogens is 319 g/mol. The summed E-state index contributed by atoms with van der Waals surface area (Å²) in [6.45, 7) is 0.950. The first kappa shape index (κ1) is 17.2. The molecule has 0 aliphatic rings. The van der Waals surface area contributed by atoms with Gasteiger partial charge >= 0.3 is 6.18 Å². The van der Waals surface area contributed by atoms with E-state index < -0.39 is 39.3 Å². The highest BCUT2D eigenvalue weighted by molar-refractivity contribution is 7.89. The highest BCUT2D eigenvalue weighted by atomic mass is 35.5. The van der Waals surface area contributed by atoms with Crippen LogP contribution < -0.4 is 0 Å². The minimum absolute atomic E-state index is 0.310. The van der Waals surface area contributed by atoms with Crippen LogP contribution in [0.5, 0.6) is 0 Å². The van der Waals surface area contributed by atoms with E-state index in [2.05, 4.69) is 0 Å². The van der Waals surface area contributed by atoms with Crippen molar-refractivity contribution in [2.75, 3.05) is 13.7 Å². The number of aliphatic hydroxyl groups excluding tert-OH is 1. The van der Waals surface area contributed by atoms with E-state index in [1.807, 2.05) is 0 Å². The van der Waals surface area contributed by atoms with Crippen LogP contribution >= 0.6 is 11.6 Å². The van der Waals surface area contributed by atoms with Crippen molar-refractivity contribution in [3.05, 3.63) is 28.8 Å². The number of hydrogen-bond acceptors (Lipinski definition) is 3. The van der Waals surface area contributed by atoms with Crippen molar-refractivity contribution in [1.29, 1.82) is 0 Å². The predicted octanol–water partition coefficient (Wildman–Crippen LogP) is 2.36. The molecule has 20 heavy (non-hydrogen) atoms. The van der Waals surface area contributed by atoms with Crippen LogP contribution in [-0.2, 0) is 16.2 Å². The molecule has 0 heterocycles. The smallest absolute Gasteiger partial charge is 0.395 e. The summed E-state index contributed by atoms with van der Waals surface area (Å²) >= 11 is 5.69. The highest BCUT2D eigenvalue weighted by Crippen LogP contribution is 2.34. The second-order valence-electron chi connectivity index (χ2n) is 4.20. The monoisotopic (exact) mass is 331 g/mol. The summed E-state index contributed by atoms with van der Waals surface area (Å²) < 4.78 is 63.0. The zero-order valence-electron chi connectivity index (χ0n) is 10.6. The Labute approximate surface area is 119 Å². The van der Waals surface area contributed by atoms with Crippen LogP contribution in [0.4, 0.5) is 13.2 Å². The molecule has 4 nitrogen and oxygen atoms in total. The second-order valence-corrected chi connectivity index (χ2v) is 6.57. The normalized spacial score (nSPS) is 14.6. The zero-order valence-corrected chi connectivity index (χ0v) is 12.2. The molecule has 0 radical (unpaired) electrons. The number of hydrogen-bond donors (Lipinski definition) is 1. The largest absolute Gasteiger partial charge is 0.416 e. The average molecular weight is 332 g/mol. The number of rotatable bonds is 4. The van der Waals surface area contributed by atoms with Crippen molar-refractivity contribution in [3.8, 4) is 0 Å². The number of halogens is 4. The molecule has 0 aliphatic carbocycles. The van der Waals surface area contributed by atoms with Gasteiger partial charge in [0.2, 0.25) is 10.0 Å². The lowest BCUT2D eigenvalue weighted by Gasteiger charge is -2.23. The van der Waals surface area contributed by atoms with E-state index >= 15 is 0 Å². The minimum Gasteiger partial charge on any atom is -0.395 e. The van der Waals surface area contributed by atoms with Crippen LogP contribution in [0.25, 0.3) is 0 Å². The molecule has 1 atom stereocenters. The van der Waals surface area contributed by atoms with E-state index in [1.165, 1.54) is 6.92 Å². The highest BCUT2D eigenvalue weighted by Gasteiger charge is 2.34.